The molecular formula is C27H34N4O2. The number of anilines is 1. The molecular weight excluding hydrogens is 412 g/mol. The number of rotatable bonds is 8. The fraction of sp³-hybridized carbons (Fsp3) is 0.481. The normalized spacial score (nSPS) is 16.7. The lowest BCUT2D eigenvalue weighted by Gasteiger charge is -2.32. The summed E-state index contributed by atoms with van der Waals surface area (Å²) in [5.41, 5.74) is 5.01. The average Bonchev–Trinajstić information content (AvgIpc) is 3.59. The number of fused-ring (bicyclic) bond motifs is 2. The van der Waals surface area contributed by atoms with Gasteiger partial charge in [-0.05, 0) is 56.8 Å². The molecule has 2 heterocycles. The molecule has 0 unspecified atom stereocenters. The van der Waals surface area contributed by atoms with Gasteiger partial charge in [0.25, 0.3) is 0 Å². The largest absolute Gasteiger partial charge is 0.481 e. The second-order valence-electron chi connectivity index (χ2n) is 9.78. The van der Waals surface area contributed by atoms with Crippen LogP contribution in [-0.2, 0) is 19.4 Å². The van der Waals surface area contributed by atoms with Crippen LogP contribution in [0.15, 0.2) is 36.4 Å². The van der Waals surface area contributed by atoms with Gasteiger partial charge in [-0.25, -0.2) is 0 Å². The third kappa shape index (κ3) is 4.36. The average molecular weight is 447 g/mol. The summed E-state index contributed by atoms with van der Waals surface area (Å²) < 4.78 is 11.8. The van der Waals surface area contributed by atoms with Gasteiger partial charge < -0.3 is 19.3 Å². The summed E-state index contributed by atoms with van der Waals surface area (Å²) in [5.74, 6) is 0.652. The molecule has 0 radical (unpaired) electrons. The van der Waals surface area contributed by atoms with E-state index in [4.69, 9.17) is 14.5 Å². The molecule has 6 heteroatoms. The lowest BCUT2D eigenvalue weighted by atomic mass is 9.98. The third-order valence-corrected chi connectivity index (χ3v) is 7.01. The molecule has 0 N–H and O–H groups in total. The van der Waals surface area contributed by atoms with Crippen LogP contribution in [0.2, 0.25) is 0 Å². The number of aromatic nitrogens is 2. The van der Waals surface area contributed by atoms with Gasteiger partial charge in [0.05, 0.1) is 26.0 Å². The summed E-state index contributed by atoms with van der Waals surface area (Å²) >= 11 is 0. The van der Waals surface area contributed by atoms with Crippen molar-refractivity contribution in [1.29, 1.82) is 0 Å². The topological polar surface area (TPSA) is 50.7 Å². The van der Waals surface area contributed by atoms with E-state index in [1.807, 2.05) is 0 Å². The Morgan fingerprint density at radius 3 is 2.58 bits per heavy atom. The second kappa shape index (κ2) is 8.82. The van der Waals surface area contributed by atoms with Crippen LogP contribution < -0.4 is 14.4 Å². The van der Waals surface area contributed by atoms with Gasteiger partial charge in [0.1, 0.15) is 0 Å². The fourth-order valence-electron chi connectivity index (χ4n) is 5.18. The minimum atomic E-state index is 0.238. The summed E-state index contributed by atoms with van der Waals surface area (Å²) in [5, 5.41) is 2.64. The van der Waals surface area contributed by atoms with Crippen molar-refractivity contribution in [2.75, 3.05) is 45.8 Å². The van der Waals surface area contributed by atoms with Gasteiger partial charge in [-0.1, -0.05) is 37.3 Å². The Morgan fingerprint density at radius 1 is 1.09 bits per heavy atom. The Balaban J connectivity index is 1.43. The standard InChI is InChI=1S/C27H34N4O2/c1-5-19-8-6-9-20-10-7-11-23(24(19)20)31-15-12-21-22(16-31)28-26(29-25(21)32-4)33-18-27(13-14-27)17-30(2)3/h6-11H,5,12-18H2,1-4H3. The molecule has 1 fully saturated rings. The monoisotopic (exact) mass is 446 g/mol. The molecule has 0 bridgehead atoms. The van der Waals surface area contributed by atoms with Crippen molar-refractivity contribution in [2.45, 2.75) is 39.2 Å². The minimum absolute atomic E-state index is 0.238. The number of ether oxygens (including phenoxy) is 2. The van der Waals surface area contributed by atoms with Crippen LogP contribution in [-0.4, -0.2) is 55.8 Å². The lowest BCUT2D eigenvalue weighted by molar-refractivity contribution is 0.180. The maximum atomic E-state index is 6.14. The van der Waals surface area contributed by atoms with E-state index in [9.17, 15) is 0 Å². The summed E-state index contributed by atoms with van der Waals surface area (Å²) in [6.07, 6.45) is 4.26. The van der Waals surface area contributed by atoms with Gasteiger partial charge >= 0.3 is 6.01 Å². The molecule has 6 nitrogen and oxygen atoms in total. The van der Waals surface area contributed by atoms with Crippen molar-refractivity contribution in [3.05, 3.63) is 53.2 Å². The fourth-order valence-corrected chi connectivity index (χ4v) is 5.18. The Bertz CT molecular complexity index is 1150. The number of hydrogen-bond donors (Lipinski definition) is 0. The minimum Gasteiger partial charge on any atom is -0.481 e. The van der Waals surface area contributed by atoms with E-state index in [1.165, 1.54) is 34.9 Å². The number of nitrogens with zero attached hydrogens (tertiary/aromatic N) is 4. The van der Waals surface area contributed by atoms with Crippen molar-refractivity contribution >= 4 is 16.5 Å². The first kappa shape index (κ1) is 22.0. The molecule has 33 heavy (non-hydrogen) atoms. The van der Waals surface area contributed by atoms with Crippen LogP contribution in [0.25, 0.3) is 10.8 Å². The van der Waals surface area contributed by atoms with E-state index in [0.717, 1.165) is 43.7 Å². The van der Waals surface area contributed by atoms with E-state index in [0.29, 0.717) is 18.5 Å². The van der Waals surface area contributed by atoms with E-state index in [2.05, 4.69) is 72.2 Å². The first-order chi connectivity index (χ1) is 16.0. The van der Waals surface area contributed by atoms with Crippen molar-refractivity contribution in [3.63, 3.8) is 0 Å². The van der Waals surface area contributed by atoms with Crippen molar-refractivity contribution in [2.24, 2.45) is 5.41 Å². The molecule has 1 aromatic heterocycles. The maximum absolute atomic E-state index is 6.14. The quantitative estimate of drug-likeness (QED) is 0.508. The zero-order valence-corrected chi connectivity index (χ0v) is 20.2. The van der Waals surface area contributed by atoms with E-state index in [-0.39, 0.29) is 5.41 Å². The van der Waals surface area contributed by atoms with E-state index < -0.39 is 0 Å². The molecule has 0 amide bonds. The van der Waals surface area contributed by atoms with Gasteiger partial charge in [0.15, 0.2) is 0 Å². The zero-order chi connectivity index (χ0) is 23.0. The molecule has 174 valence electrons. The smallest absolute Gasteiger partial charge is 0.320 e. The SMILES string of the molecule is CCc1cccc2cccc(N3CCc4c(nc(OCC5(CN(C)C)CC5)nc4OC)C3)c12. The molecule has 1 saturated carbocycles. The summed E-state index contributed by atoms with van der Waals surface area (Å²) in [6, 6.07) is 13.6. The molecule has 2 aromatic carbocycles. The molecule has 1 aliphatic carbocycles. The lowest BCUT2D eigenvalue weighted by Crippen LogP contribution is -2.32. The molecule has 0 atom stereocenters. The highest BCUT2D eigenvalue weighted by Gasteiger charge is 2.44. The first-order valence-corrected chi connectivity index (χ1v) is 12.0. The Kier molecular flexibility index (Phi) is 5.87. The second-order valence-corrected chi connectivity index (χ2v) is 9.78. The first-order valence-electron chi connectivity index (χ1n) is 12.0. The van der Waals surface area contributed by atoms with Crippen molar-refractivity contribution in [3.8, 4) is 11.9 Å². The molecule has 1 aliphatic heterocycles. The van der Waals surface area contributed by atoms with Gasteiger partial charge in [0.2, 0.25) is 5.88 Å². The Labute approximate surface area is 196 Å². The number of methoxy groups -OCH3 is 1. The third-order valence-electron chi connectivity index (χ3n) is 7.01. The number of hydrogen-bond acceptors (Lipinski definition) is 6. The molecule has 5 rings (SSSR count). The van der Waals surface area contributed by atoms with Gasteiger partial charge in [-0.15, -0.1) is 0 Å². The highest BCUT2D eigenvalue weighted by Crippen LogP contribution is 2.46. The molecule has 0 saturated heterocycles. The highest BCUT2D eigenvalue weighted by molar-refractivity contribution is 5.97. The zero-order valence-electron chi connectivity index (χ0n) is 20.2. The Morgan fingerprint density at radius 2 is 1.88 bits per heavy atom. The Hall–Kier alpha value is -2.86. The predicted octanol–water partition coefficient (Wildman–Crippen LogP) is 4.48. The van der Waals surface area contributed by atoms with Gasteiger partial charge in [-0.2, -0.15) is 9.97 Å². The van der Waals surface area contributed by atoms with Crippen molar-refractivity contribution in [1.82, 2.24) is 14.9 Å². The van der Waals surface area contributed by atoms with Crippen LogP contribution in [0.1, 0.15) is 36.6 Å². The van der Waals surface area contributed by atoms with Crippen LogP contribution in [0.4, 0.5) is 5.69 Å². The highest BCUT2D eigenvalue weighted by atomic mass is 16.5. The van der Waals surface area contributed by atoms with Crippen LogP contribution >= 0.6 is 0 Å². The van der Waals surface area contributed by atoms with Crippen LogP contribution in [0.5, 0.6) is 11.9 Å². The van der Waals surface area contributed by atoms with Gasteiger partial charge in [0, 0.05) is 35.1 Å². The summed E-state index contributed by atoms with van der Waals surface area (Å²) in [6.45, 7) is 5.55. The predicted molar refractivity (Wildman–Crippen MR) is 132 cm³/mol. The summed E-state index contributed by atoms with van der Waals surface area (Å²) in [7, 11) is 5.92. The molecule has 3 aromatic rings. The van der Waals surface area contributed by atoms with Crippen molar-refractivity contribution < 1.29 is 9.47 Å². The van der Waals surface area contributed by atoms with Crippen LogP contribution in [0, 0.1) is 5.41 Å². The molecule has 0 spiro atoms. The van der Waals surface area contributed by atoms with E-state index >= 15 is 0 Å². The summed E-state index contributed by atoms with van der Waals surface area (Å²) in [4.78, 5) is 14.1. The number of benzene rings is 2. The van der Waals surface area contributed by atoms with Gasteiger partial charge in [-0.3, -0.25) is 0 Å². The van der Waals surface area contributed by atoms with E-state index in [1.54, 1.807) is 7.11 Å². The van der Waals surface area contributed by atoms with Crippen LogP contribution in [0.3, 0.4) is 0 Å². The molecule has 2 aliphatic rings. The maximum Gasteiger partial charge on any atom is 0.320 e. The number of aryl methyl sites for hydroxylation is 1.